The van der Waals surface area contributed by atoms with Crippen molar-refractivity contribution >= 4 is 16.7 Å². The van der Waals surface area contributed by atoms with Gasteiger partial charge in [-0.2, -0.15) is 0 Å². The van der Waals surface area contributed by atoms with Crippen molar-refractivity contribution in [1.82, 2.24) is 9.97 Å². The summed E-state index contributed by atoms with van der Waals surface area (Å²) in [7, 11) is 0. The third-order valence-electron chi connectivity index (χ3n) is 4.46. The van der Waals surface area contributed by atoms with Crippen LogP contribution in [0.2, 0.25) is 0 Å². The van der Waals surface area contributed by atoms with Crippen LogP contribution >= 0.6 is 0 Å². The molecule has 2 N–H and O–H groups in total. The number of anilines is 1. The molecule has 0 aliphatic carbocycles. The van der Waals surface area contributed by atoms with Gasteiger partial charge in [-0.1, -0.05) is 54.1 Å². The summed E-state index contributed by atoms with van der Waals surface area (Å²) in [6.07, 6.45) is 3.44. The van der Waals surface area contributed by atoms with Gasteiger partial charge in [-0.25, -0.2) is 4.98 Å². The first kappa shape index (κ1) is 16.1. The van der Waals surface area contributed by atoms with Gasteiger partial charge in [-0.05, 0) is 30.7 Å². The molecule has 2 aromatic heterocycles. The van der Waals surface area contributed by atoms with E-state index in [-0.39, 0.29) is 11.8 Å². The van der Waals surface area contributed by atoms with Gasteiger partial charge in [0.15, 0.2) is 0 Å². The number of aryl methyl sites for hydroxylation is 1. The third-order valence-corrected chi connectivity index (χ3v) is 4.46. The highest BCUT2D eigenvalue weighted by atomic mass is 16.3. The van der Waals surface area contributed by atoms with Crippen molar-refractivity contribution in [1.29, 1.82) is 0 Å². The molecule has 0 saturated carbocycles. The third kappa shape index (κ3) is 3.09. The number of aromatic nitrogens is 2. The molecule has 2 heterocycles. The number of phenols is 1. The maximum atomic E-state index is 10.9. The van der Waals surface area contributed by atoms with Crippen molar-refractivity contribution in [2.24, 2.45) is 0 Å². The molecule has 4 nitrogen and oxygen atoms in total. The molecule has 4 rings (SSSR count). The SMILES string of the molecule is Cc1ccc(C(Nc2ccccn2)c2ccc3cccnc3c2O)cc1. The van der Waals surface area contributed by atoms with Gasteiger partial charge in [-0.3, -0.25) is 4.98 Å². The van der Waals surface area contributed by atoms with Crippen molar-refractivity contribution in [3.63, 3.8) is 0 Å². The van der Waals surface area contributed by atoms with Crippen molar-refractivity contribution < 1.29 is 5.11 Å². The lowest BCUT2D eigenvalue weighted by Crippen LogP contribution is -2.13. The number of aromatic hydroxyl groups is 1. The molecule has 1 atom stereocenters. The molecular formula is C22H19N3O. The zero-order chi connectivity index (χ0) is 17.9. The number of nitrogens with one attached hydrogen (secondary N) is 1. The lowest BCUT2D eigenvalue weighted by Gasteiger charge is -2.22. The Bertz CT molecular complexity index is 1030. The highest BCUT2D eigenvalue weighted by Gasteiger charge is 2.20. The second-order valence-corrected chi connectivity index (χ2v) is 6.28. The average molecular weight is 341 g/mol. The molecule has 128 valence electrons. The van der Waals surface area contributed by atoms with Crippen molar-refractivity contribution in [2.45, 2.75) is 13.0 Å². The summed E-state index contributed by atoms with van der Waals surface area (Å²) in [5.41, 5.74) is 3.61. The minimum absolute atomic E-state index is 0.192. The first-order valence-corrected chi connectivity index (χ1v) is 8.53. The number of nitrogens with zero attached hydrogens (tertiary/aromatic N) is 2. The van der Waals surface area contributed by atoms with Crippen LogP contribution in [0.1, 0.15) is 22.7 Å². The molecule has 0 saturated heterocycles. The molecule has 4 heteroatoms. The standard InChI is InChI=1S/C22H19N3O/c1-15-7-9-17(10-8-15)20(25-19-6-2-3-13-23-19)18-12-11-16-5-4-14-24-21(16)22(18)26/h2-14,20,26H,1H3,(H,23,25). The second-order valence-electron chi connectivity index (χ2n) is 6.28. The fourth-order valence-electron chi connectivity index (χ4n) is 3.07. The highest BCUT2D eigenvalue weighted by Crippen LogP contribution is 2.36. The molecule has 0 aliphatic heterocycles. The van der Waals surface area contributed by atoms with Crippen molar-refractivity contribution in [2.75, 3.05) is 5.32 Å². The van der Waals surface area contributed by atoms with Gasteiger partial charge in [0.25, 0.3) is 0 Å². The van der Waals surface area contributed by atoms with Crippen LogP contribution in [0.5, 0.6) is 5.75 Å². The molecule has 0 spiro atoms. The van der Waals surface area contributed by atoms with Crippen LogP contribution in [0, 0.1) is 6.92 Å². The lowest BCUT2D eigenvalue weighted by molar-refractivity contribution is 0.471. The van der Waals surface area contributed by atoms with E-state index in [4.69, 9.17) is 0 Å². The largest absolute Gasteiger partial charge is 0.505 e. The maximum Gasteiger partial charge on any atom is 0.147 e. The van der Waals surface area contributed by atoms with Gasteiger partial charge in [0.1, 0.15) is 17.1 Å². The molecular weight excluding hydrogens is 322 g/mol. The molecule has 26 heavy (non-hydrogen) atoms. The van der Waals surface area contributed by atoms with Crippen LogP contribution in [-0.2, 0) is 0 Å². The zero-order valence-electron chi connectivity index (χ0n) is 14.4. The number of phenolic OH excluding ortho intramolecular Hbond substituents is 1. The minimum Gasteiger partial charge on any atom is -0.505 e. The predicted octanol–water partition coefficient (Wildman–Crippen LogP) is 4.85. The van der Waals surface area contributed by atoms with Crippen LogP contribution in [0.3, 0.4) is 0 Å². The number of fused-ring (bicyclic) bond motifs is 1. The van der Waals surface area contributed by atoms with E-state index in [1.165, 1.54) is 5.56 Å². The Kier molecular flexibility index (Phi) is 4.23. The molecule has 0 fully saturated rings. The molecule has 2 aromatic carbocycles. The van der Waals surface area contributed by atoms with E-state index in [1.807, 2.05) is 42.5 Å². The number of pyridine rings is 2. The topological polar surface area (TPSA) is 58.0 Å². The van der Waals surface area contributed by atoms with Gasteiger partial charge in [0.2, 0.25) is 0 Å². The van der Waals surface area contributed by atoms with Crippen LogP contribution < -0.4 is 5.32 Å². The average Bonchev–Trinajstić information content (AvgIpc) is 2.69. The van der Waals surface area contributed by atoms with Crippen molar-refractivity contribution in [3.8, 4) is 5.75 Å². The first-order valence-electron chi connectivity index (χ1n) is 8.53. The van der Waals surface area contributed by atoms with Gasteiger partial charge in [0, 0.05) is 23.3 Å². The van der Waals surface area contributed by atoms with Crippen LogP contribution in [-0.4, -0.2) is 15.1 Å². The Morgan fingerprint density at radius 1 is 0.846 bits per heavy atom. The quantitative estimate of drug-likeness (QED) is 0.557. The monoisotopic (exact) mass is 341 g/mol. The molecule has 0 radical (unpaired) electrons. The van der Waals surface area contributed by atoms with Gasteiger partial charge in [0.05, 0.1) is 6.04 Å². The summed E-state index contributed by atoms with van der Waals surface area (Å²) in [5, 5.41) is 15.2. The Labute approximate surface area is 152 Å². The fraction of sp³-hybridized carbons (Fsp3) is 0.0909. The Morgan fingerprint density at radius 2 is 1.65 bits per heavy atom. The van der Waals surface area contributed by atoms with E-state index in [2.05, 4.69) is 46.5 Å². The normalized spacial score (nSPS) is 12.0. The summed E-state index contributed by atoms with van der Waals surface area (Å²) in [5.74, 6) is 0.940. The number of benzene rings is 2. The lowest BCUT2D eigenvalue weighted by atomic mass is 9.95. The predicted molar refractivity (Wildman–Crippen MR) is 104 cm³/mol. The summed E-state index contributed by atoms with van der Waals surface area (Å²) in [4.78, 5) is 8.72. The Balaban J connectivity index is 1.84. The van der Waals surface area contributed by atoms with E-state index >= 15 is 0 Å². The van der Waals surface area contributed by atoms with Gasteiger partial charge >= 0.3 is 0 Å². The minimum atomic E-state index is -0.239. The molecule has 0 bridgehead atoms. The van der Waals surface area contributed by atoms with Crippen LogP contribution in [0.4, 0.5) is 5.82 Å². The van der Waals surface area contributed by atoms with E-state index in [1.54, 1.807) is 12.4 Å². The maximum absolute atomic E-state index is 10.9. The summed E-state index contributed by atoms with van der Waals surface area (Å²) < 4.78 is 0. The summed E-state index contributed by atoms with van der Waals surface area (Å²) in [6.45, 7) is 2.06. The van der Waals surface area contributed by atoms with Crippen LogP contribution in [0.15, 0.2) is 79.1 Å². The van der Waals surface area contributed by atoms with E-state index in [0.29, 0.717) is 5.52 Å². The molecule has 0 aliphatic rings. The van der Waals surface area contributed by atoms with Gasteiger partial charge in [-0.15, -0.1) is 0 Å². The summed E-state index contributed by atoms with van der Waals surface area (Å²) in [6, 6.07) is 21.5. The Morgan fingerprint density at radius 3 is 2.42 bits per heavy atom. The van der Waals surface area contributed by atoms with Crippen LogP contribution in [0.25, 0.3) is 10.9 Å². The van der Waals surface area contributed by atoms with E-state index < -0.39 is 0 Å². The number of hydrogen-bond acceptors (Lipinski definition) is 4. The smallest absolute Gasteiger partial charge is 0.147 e. The first-order chi connectivity index (χ1) is 12.7. The number of rotatable bonds is 4. The van der Waals surface area contributed by atoms with Gasteiger partial charge < -0.3 is 10.4 Å². The second kappa shape index (κ2) is 6.84. The molecule has 1 unspecified atom stereocenters. The zero-order valence-corrected chi connectivity index (χ0v) is 14.4. The van der Waals surface area contributed by atoms with Crippen molar-refractivity contribution in [3.05, 3.63) is 95.8 Å². The molecule has 4 aromatic rings. The van der Waals surface area contributed by atoms with E-state index in [9.17, 15) is 5.11 Å². The number of hydrogen-bond donors (Lipinski definition) is 2. The Hall–Kier alpha value is -3.40. The molecule has 0 amide bonds. The fourth-order valence-corrected chi connectivity index (χ4v) is 3.07. The van der Waals surface area contributed by atoms with E-state index in [0.717, 1.165) is 22.3 Å². The summed E-state index contributed by atoms with van der Waals surface area (Å²) >= 11 is 0. The highest BCUT2D eigenvalue weighted by molar-refractivity contribution is 5.86.